The van der Waals surface area contributed by atoms with Crippen molar-refractivity contribution in [3.8, 4) is 5.75 Å². The maximum Gasteiger partial charge on any atom is 0.293 e. The number of Topliss-reactive ketones (excluding diaryl/α,β-unsaturated/α-hetero) is 1. The van der Waals surface area contributed by atoms with Crippen molar-refractivity contribution in [2.75, 3.05) is 7.11 Å². The van der Waals surface area contributed by atoms with E-state index in [9.17, 15) is 14.7 Å². The minimum atomic E-state index is -0.865. The van der Waals surface area contributed by atoms with Gasteiger partial charge in [0.1, 0.15) is 11.5 Å². The number of hydrogen-bond donors (Lipinski definition) is 2. The van der Waals surface area contributed by atoms with Gasteiger partial charge in [0, 0.05) is 15.6 Å². The minimum Gasteiger partial charge on any atom is -0.507 e. The fourth-order valence-electron chi connectivity index (χ4n) is 2.66. The number of hydrogen-bond acceptors (Lipinski definition) is 4. The first kappa shape index (κ1) is 17.3. The number of carbonyl (C=O) groups excluding carboxylic acids is 2. The number of ether oxygens (including phenoxy) is 1. The molecule has 0 saturated carbocycles. The third-order valence-corrected chi connectivity index (χ3v) is 4.45. The molecule has 25 heavy (non-hydrogen) atoms. The van der Waals surface area contributed by atoms with E-state index in [2.05, 4.69) is 5.32 Å². The third-order valence-electron chi connectivity index (χ3n) is 3.89. The van der Waals surface area contributed by atoms with Gasteiger partial charge in [0.15, 0.2) is 0 Å². The van der Waals surface area contributed by atoms with Gasteiger partial charge in [0.2, 0.25) is 0 Å². The van der Waals surface area contributed by atoms with Gasteiger partial charge in [-0.1, -0.05) is 41.4 Å². The Balaban J connectivity index is 2.15. The largest absolute Gasteiger partial charge is 0.507 e. The summed E-state index contributed by atoms with van der Waals surface area (Å²) in [5, 5.41) is 13.9. The number of rotatable bonds is 3. The van der Waals surface area contributed by atoms with Gasteiger partial charge < -0.3 is 15.2 Å². The molecule has 0 aromatic heterocycles. The number of halogens is 2. The second-order valence-corrected chi connectivity index (χ2v) is 6.24. The van der Waals surface area contributed by atoms with E-state index in [1.165, 1.54) is 13.2 Å². The molecule has 1 amide bonds. The Hall–Kier alpha value is -2.50. The molecule has 7 heteroatoms. The summed E-state index contributed by atoms with van der Waals surface area (Å²) < 4.78 is 5.12. The van der Waals surface area contributed by atoms with E-state index in [1.807, 2.05) is 0 Å². The summed E-state index contributed by atoms with van der Waals surface area (Å²) >= 11 is 12.1. The Morgan fingerprint density at radius 2 is 1.92 bits per heavy atom. The van der Waals surface area contributed by atoms with Gasteiger partial charge in [-0.05, 0) is 29.8 Å². The molecule has 1 aliphatic rings. The maximum absolute atomic E-state index is 12.3. The third kappa shape index (κ3) is 3.21. The predicted octanol–water partition coefficient (Wildman–Crippen LogP) is 3.71. The molecule has 0 bridgehead atoms. The number of benzene rings is 2. The Morgan fingerprint density at radius 3 is 2.60 bits per heavy atom. The van der Waals surface area contributed by atoms with E-state index in [0.29, 0.717) is 21.9 Å². The highest BCUT2D eigenvalue weighted by Gasteiger charge is 2.40. The van der Waals surface area contributed by atoms with Crippen molar-refractivity contribution < 1.29 is 19.4 Å². The summed E-state index contributed by atoms with van der Waals surface area (Å²) in [5.74, 6) is -1.41. The highest BCUT2D eigenvalue weighted by Crippen LogP contribution is 2.37. The molecule has 5 nitrogen and oxygen atoms in total. The van der Waals surface area contributed by atoms with Crippen molar-refractivity contribution in [1.29, 1.82) is 0 Å². The van der Waals surface area contributed by atoms with E-state index in [1.54, 1.807) is 36.4 Å². The van der Waals surface area contributed by atoms with Crippen LogP contribution < -0.4 is 10.1 Å². The van der Waals surface area contributed by atoms with E-state index in [4.69, 9.17) is 27.9 Å². The molecule has 2 aromatic carbocycles. The van der Waals surface area contributed by atoms with Crippen molar-refractivity contribution in [1.82, 2.24) is 5.32 Å². The zero-order valence-electron chi connectivity index (χ0n) is 13.0. The maximum atomic E-state index is 12.3. The van der Waals surface area contributed by atoms with Crippen molar-refractivity contribution in [3.05, 3.63) is 69.2 Å². The van der Waals surface area contributed by atoms with Crippen LogP contribution in [0.1, 0.15) is 17.2 Å². The Labute approximate surface area is 153 Å². The number of ketones is 1. The first-order valence-corrected chi connectivity index (χ1v) is 8.05. The van der Waals surface area contributed by atoms with Gasteiger partial charge >= 0.3 is 0 Å². The molecular weight excluding hydrogens is 365 g/mol. The van der Waals surface area contributed by atoms with Crippen LogP contribution in [0.2, 0.25) is 10.0 Å². The molecule has 1 aliphatic heterocycles. The fraction of sp³-hybridized carbons (Fsp3) is 0.111. The number of amides is 1. The first-order chi connectivity index (χ1) is 11.9. The van der Waals surface area contributed by atoms with E-state index < -0.39 is 17.7 Å². The van der Waals surface area contributed by atoms with Gasteiger partial charge in [0.05, 0.1) is 18.7 Å². The van der Waals surface area contributed by atoms with E-state index in [-0.39, 0.29) is 16.4 Å². The van der Waals surface area contributed by atoms with Gasteiger partial charge in [-0.25, -0.2) is 0 Å². The molecule has 0 unspecified atom stereocenters. The Morgan fingerprint density at radius 1 is 1.16 bits per heavy atom. The normalized spacial score (nSPS) is 18.9. The van der Waals surface area contributed by atoms with Crippen molar-refractivity contribution in [2.24, 2.45) is 0 Å². The Kier molecular flexibility index (Phi) is 4.70. The van der Waals surface area contributed by atoms with Crippen LogP contribution in [0.4, 0.5) is 0 Å². The van der Waals surface area contributed by atoms with Crippen LogP contribution in [0.3, 0.4) is 0 Å². The molecule has 2 aromatic rings. The number of aliphatic hydroxyl groups is 1. The highest BCUT2D eigenvalue weighted by atomic mass is 35.5. The SMILES string of the molecule is COc1cccc(C(O)=C2C(=O)C(=O)N[C@@H]2c2ccc(Cl)cc2Cl)c1. The second kappa shape index (κ2) is 6.78. The lowest BCUT2D eigenvalue weighted by Gasteiger charge is -2.15. The second-order valence-electron chi connectivity index (χ2n) is 5.40. The van der Waals surface area contributed by atoms with Gasteiger partial charge in [-0.3, -0.25) is 9.59 Å². The molecule has 0 aliphatic carbocycles. The van der Waals surface area contributed by atoms with Gasteiger partial charge in [-0.15, -0.1) is 0 Å². The van der Waals surface area contributed by atoms with Crippen LogP contribution in [-0.4, -0.2) is 23.9 Å². The number of methoxy groups -OCH3 is 1. The van der Waals surface area contributed by atoms with Gasteiger partial charge in [-0.2, -0.15) is 0 Å². The summed E-state index contributed by atoms with van der Waals surface area (Å²) in [6.45, 7) is 0. The monoisotopic (exact) mass is 377 g/mol. The van der Waals surface area contributed by atoms with Crippen molar-refractivity contribution in [3.63, 3.8) is 0 Å². The lowest BCUT2D eigenvalue weighted by atomic mass is 9.96. The molecule has 2 N–H and O–H groups in total. The number of aliphatic hydroxyl groups excluding tert-OH is 1. The minimum absolute atomic E-state index is 0.0672. The molecule has 1 saturated heterocycles. The molecule has 0 spiro atoms. The lowest BCUT2D eigenvalue weighted by molar-refractivity contribution is -0.133. The highest BCUT2D eigenvalue weighted by molar-refractivity contribution is 6.47. The van der Waals surface area contributed by atoms with E-state index >= 15 is 0 Å². The van der Waals surface area contributed by atoms with Crippen LogP contribution in [0.25, 0.3) is 5.76 Å². The summed E-state index contributed by atoms with van der Waals surface area (Å²) in [5.41, 5.74) is 0.756. The molecule has 0 radical (unpaired) electrons. The summed E-state index contributed by atoms with van der Waals surface area (Å²) in [4.78, 5) is 24.2. The van der Waals surface area contributed by atoms with E-state index in [0.717, 1.165) is 0 Å². The molecule has 1 atom stereocenters. The topological polar surface area (TPSA) is 75.6 Å². The molecule has 128 valence electrons. The summed E-state index contributed by atoms with van der Waals surface area (Å²) in [6, 6.07) is 10.4. The summed E-state index contributed by atoms with van der Waals surface area (Å²) in [7, 11) is 1.49. The van der Waals surface area contributed by atoms with Crippen LogP contribution in [0.15, 0.2) is 48.0 Å². The van der Waals surface area contributed by atoms with Crippen LogP contribution in [0.5, 0.6) is 5.75 Å². The first-order valence-electron chi connectivity index (χ1n) is 7.30. The number of carbonyl (C=O) groups is 2. The average molecular weight is 378 g/mol. The van der Waals surface area contributed by atoms with Crippen LogP contribution in [-0.2, 0) is 9.59 Å². The summed E-state index contributed by atoms with van der Waals surface area (Å²) in [6.07, 6.45) is 0. The Bertz CT molecular complexity index is 908. The fourth-order valence-corrected chi connectivity index (χ4v) is 3.18. The molecule has 1 fully saturated rings. The number of nitrogens with one attached hydrogen (secondary N) is 1. The zero-order chi connectivity index (χ0) is 18.1. The quantitative estimate of drug-likeness (QED) is 0.485. The van der Waals surface area contributed by atoms with Crippen molar-refractivity contribution in [2.45, 2.75) is 6.04 Å². The standard InChI is InChI=1S/C18H13Cl2NO4/c1-25-11-4-2-3-9(7-11)16(22)14-15(21-18(24)17(14)23)12-6-5-10(19)8-13(12)20/h2-8,15,22H,1H3,(H,21,24)/t15-/m1/s1. The van der Waals surface area contributed by atoms with Crippen LogP contribution >= 0.6 is 23.2 Å². The smallest absolute Gasteiger partial charge is 0.293 e. The zero-order valence-corrected chi connectivity index (χ0v) is 14.6. The lowest BCUT2D eigenvalue weighted by Crippen LogP contribution is -2.21. The predicted molar refractivity (Wildman–Crippen MR) is 94.9 cm³/mol. The van der Waals surface area contributed by atoms with Crippen LogP contribution in [0, 0.1) is 0 Å². The molecule has 3 rings (SSSR count). The van der Waals surface area contributed by atoms with Gasteiger partial charge in [0.25, 0.3) is 11.7 Å². The van der Waals surface area contributed by atoms with Crippen molar-refractivity contribution >= 4 is 40.7 Å². The molecular formula is C18H13Cl2NO4. The average Bonchev–Trinajstić information content (AvgIpc) is 2.89. The molecule has 1 heterocycles.